The van der Waals surface area contributed by atoms with Crippen LogP contribution in [0.25, 0.3) is 5.69 Å². The van der Waals surface area contributed by atoms with E-state index in [1.807, 2.05) is 46.0 Å². The molecule has 1 fully saturated rings. The van der Waals surface area contributed by atoms with Crippen LogP contribution in [0.3, 0.4) is 0 Å². The van der Waals surface area contributed by atoms with Crippen LogP contribution >= 0.6 is 12.2 Å². The summed E-state index contributed by atoms with van der Waals surface area (Å²) in [6, 6.07) is 15.6. The van der Waals surface area contributed by atoms with E-state index in [4.69, 9.17) is 12.2 Å². The zero-order valence-electron chi connectivity index (χ0n) is 15.4. The Morgan fingerprint density at radius 2 is 1.97 bits per heavy atom. The average Bonchev–Trinajstić information content (AvgIpc) is 3.34. The number of aromatic nitrogens is 2. The second-order valence-electron chi connectivity index (χ2n) is 6.62. The second-order valence-corrected chi connectivity index (χ2v) is 7.01. The quantitative estimate of drug-likeness (QED) is 0.367. The predicted octanol–water partition coefficient (Wildman–Crippen LogP) is 2.75. The molecule has 0 radical (unpaired) electrons. The normalized spacial score (nSPS) is 18.7. The first kappa shape index (κ1) is 19.0. The van der Waals surface area contributed by atoms with Gasteiger partial charge >= 0.3 is 0 Å². The molecule has 1 aliphatic heterocycles. The molecule has 0 unspecified atom stereocenters. The Morgan fingerprint density at radius 3 is 2.62 bits per heavy atom. The van der Waals surface area contributed by atoms with Crippen LogP contribution in [0.2, 0.25) is 0 Å². The van der Waals surface area contributed by atoms with Gasteiger partial charge < -0.3 is 19.9 Å². The molecule has 2 atom stereocenters. The largest absolute Gasteiger partial charge is 0.395 e. The number of nitrogens with zero attached hydrogens (tertiary/aromatic N) is 4. The number of hydrogen-bond acceptors (Lipinski definition) is 5. The summed E-state index contributed by atoms with van der Waals surface area (Å²) >= 11 is 5.53. The van der Waals surface area contributed by atoms with Crippen molar-refractivity contribution in [1.82, 2.24) is 19.8 Å². The fourth-order valence-electron chi connectivity index (χ4n) is 3.68. The Kier molecular flexibility index (Phi) is 5.24. The van der Waals surface area contributed by atoms with E-state index in [1.54, 1.807) is 18.3 Å². The Labute approximate surface area is 172 Å². The number of aliphatic hydroxyl groups excluding tert-OH is 1. The molecule has 0 spiro atoms. The van der Waals surface area contributed by atoms with Crippen LogP contribution < -0.4 is 5.32 Å². The molecule has 3 aromatic rings. The minimum atomic E-state index is -0.417. The molecule has 0 aliphatic carbocycles. The summed E-state index contributed by atoms with van der Waals surface area (Å²) < 4.78 is 1.98. The Balaban J connectivity index is 1.77. The van der Waals surface area contributed by atoms with Gasteiger partial charge in [-0.1, -0.05) is 6.07 Å². The van der Waals surface area contributed by atoms with Gasteiger partial charge in [-0.3, -0.25) is 15.1 Å². The van der Waals surface area contributed by atoms with Gasteiger partial charge in [-0.15, -0.1) is 0 Å². The molecule has 1 aromatic carbocycles. The zero-order valence-corrected chi connectivity index (χ0v) is 16.2. The summed E-state index contributed by atoms with van der Waals surface area (Å²) in [5.74, 6) is 0. The minimum Gasteiger partial charge on any atom is -0.395 e. The van der Waals surface area contributed by atoms with E-state index in [0.29, 0.717) is 11.7 Å². The van der Waals surface area contributed by atoms with Gasteiger partial charge in [0.05, 0.1) is 29.3 Å². The molecule has 1 aliphatic rings. The van der Waals surface area contributed by atoms with Crippen LogP contribution in [0.15, 0.2) is 67.0 Å². The smallest absolute Gasteiger partial charge is 0.269 e. The van der Waals surface area contributed by atoms with Crippen LogP contribution in [-0.2, 0) is 0 Å². The molecule has 2 aromatic heterocycles. The number of thiocarbonyl (C=S) groups is 1. The van der Waals surface area contributed by atoms with Gasteiger partial charge in [-0.25, -0.2) is 0 Å². The second kappa shape index (κ2) is 7.98. The predicted molar refractivity (Wildman–Crippen MR) is 112 cm³/mol. The number of nitro benzene ring substituents is 1. The van der Waals surface area contributed by atoms with E-state index in [2.05, 4.69) is 10.3 Å². The minimum absolute atomic E-state index is 0.0362. The van der Waals surface area contributed by atoms with Crippen molar-refractivity contribution in [2.24, 2.45) is 0 Å². The number of nitrogens with one attached hydrogen (secondary N) is 1. The van der Waals surface area contributed by atoms with Gasteiger partial charge in [0.2, 0.25) is 0 Å². The molecule has 0 amide bonds. The topological polar surface area (TPSA) is 96.5 Å². The summed E-state index contributed by atoms with van der Waals surface area (Å²) in [5.41, 5.74) is 2.63. The maximum Gasteiger partial charge on any atom is 0.269 e. The lowest BCUT2D eigenvalue weighted by Crippen LogP contribution is -2.32. The molecule has 0 saturated carbocycles. The molecule has 0 bridgehead atoms. The fraction of sp³-hybridized carbons (Fsp3) is 0.200. The SMILES string of the molecule is O=[N+]([O-])c1ccc(-n2cccc2[C@H]2[C@@H](c3ccccn3)NC(=S)N2CCO)cc1. The molecular weight excluding hydrogens is 390 g/mol. The van der Waals surface area contributed by atoms with Crippen molar-refractivity contribution in [3.05, 3.63) is 88.5 Å². The van der Waals surface area contributed by atoms with E-state index in [9.17, 15) is 15.2 Å². The van der Waals surface area contributed by atoms with E-state index in [0.717, 1.165) is 17.1 Å². The van der Waals surface area contributed by atoms with Crippen LogP contribution in [0.1, 0.15) is 23.5 Å². The van der Waals surface area contributed by atoms with Crippen LogP contribution in [0.5, 0.6) is 0 Å². The molecule has 9 heteroatoms. The van der Waals surface area contributed by atoms with Crippen LogP contribution in [0, 0.1) is 10.1 Å². The highest BCUT2D eigenvalue weighted by molar-refractivity contribution is 7.80. The van der Waals surface area contributed by atoms with Crippen molar-refractivity contribution in [1.29, 1.82) is 0 Å². The highest BCUT2D eigenvalue weighted by Crippen LogP contribution is 2.39. The lowest BCUT2D eigenvalue weighted by Gasteiger charge is -2.28. The molecular formula is C20H19N5O3S. The number of pyridine rings is 1. The maximum absolute atomic E-state index is 11.0. The number of benzene rings is 1. The maximum atomic E-state index is 11.0. The molecule has 2 N–H and O–H groups in total. The van der Waals surface area contributed by atoms with E-state index in [1.165, 1.54) is 12.1 Å². The average molecular weight is 409 g/mol. The molecule has 29 heavy (non-hydrogen) atoms. The summed E-state index contributed by atoms with van der Waals surface area (Å²) in [7, 11) is 0. The van der Waals surface area contributed by atoms with Gasteiger partial charge in [0.1, 0.15) is 0 Å². The summed E-state index contributed by atoms with van der Waals surface area (Å²) in [5, 5.41) is 24.4. The van der Waals surface area contributed by atoms with E-state index < -0.39 is 4.92 Å². The number of nitro groups is 1. The third-order valence-corrected chi connectivity index (χ3v) is 5.31. The first-order valence-corrected chi connectivity index (χ1v) is 9.52. The Bertz CT molecular complexity index is 1020. The van der Waals surface area contributed by atoms with Crippen molar-refractivity contribution in [3.63, 3.8) is 0 Å². The zero-order chi connectivity index (χ0) is 20.4. The van der Waals surface area contributed by atoms with Gasteiger partial charge in [-0.05, 0) is 48.6 Å². The standard InChI is InChI=1S/C20H19N5O3S/c26-13-12-24-19(18(22-20(24)29)16-4-1-2-10-21-16)17-5-3-11-23(17)14-6-8-15(9-7-14)25(27)28/h1-11,18-19,26H,12-13H2,(H,22,29)/t18-,19+/m1/s1. The van der Waals surface area contributed by atoms with E-state index in [-0.39, 0.29) is 24.4 Å². The summed E-state index contributed by atoms with van der Waals surface area (Å²) in [4.78, 5) is 17.0. The van der Waals surface area contributed by atoms with Crippen molar-refractivity contribution in [2.45, 2.75) is 12.1 Å². The number of aliphatic hydroxyl groups is 1. The van der Waals surface area contributed by atoms with E-state index >= 15 is 0 Å². The summed E-state index contributed by atoms with van der Waals surface area (Å²) in [6.45, 7) is 0.344. The lowest BCUT2D eigenvalue weighted by molar-refractivity contribution is -0.384. The molecule has 8 nitrogen and oxygen atoms in total. The first-order valence-electron chi connectivity index (χ1n) is 9.11. The number of hydrogen-bond donors (Lipinski definition) is 2. The molecule has 1 saturated heterocycles. The Hall–Kier alpha value is -3.30. The monoisotopic (exact) mass is 409 g/mol. The Morgan fingerprint density at radius 1 is 1.17 bits per heavy atom. The van der Waals surface area contributed by atoms with Gasteiger partial charge in [0.25, 0.3) is 5.69 Å². The highest BCUT2D eigenvalue weighted by Gasteiger charge is 2.40. The molecule has 148 valence electrons. The van der Waals surface area contributed by atoms with Crippen LogP contribution in [-0.4, -0.2) is 42.7 Å². The van der Waals surface area contributed by atoms with Crippen molar-refractivity contribution < 1.29 is 10.0 Å². The fourth-order valence-corrected chi connectivity index (χ4v) is 4.01. The van der Waals surface area contributed by atoms with Gasteiger partial charge in [0.15, 0.2) is 5.11 Å². The third-order valence-electron chi connectivity index (χ3n) is 4.96. The number of rotatable bonds is 6. The van der Waals surface area contributed by atoms with Crippen LogP contribution in [0.4, 0.5) is 5.69 Å². The van der Waals surface area contributed by atoms with Gasteiger partial charge in [-0.2, -0.15) is 0 Å². The first-order chi connectivity index (χ1) is 14.1. The highest BCUT2D eigenvalue weighted by atomic mass is 32.1. The number of β-amino-alcohol motifs (C(OH)–C–C–N with tert-alkyl or cyclic N) is 1. The van der Waals surface area contributed by atoms with Crippen molar-refractivity contribution >= 4 is 23.0 Å². The molecule has 3 heterocycles. The molecule has 4 rings (SSSR count). The number of non-ortho nitro benzene ring substituents is 1. The lowest BCUT2D eigenvalue weighted by atomic mass is 10.0. The van der Waals surface area contributed by atoms with Crippen molar-refractivity contribution in [2.75, 3.05) is 13.2 Å². The summed E-state index contributed by atoms with van der Waals surface area (Å²) in [6.07, 6.45) is 3.64. The van der Waals surface area contributed by atoms with Crippen molar-refractivity contribution in [3.8, 4) is 5.69 Å². The van der Waals surface area contributed by atoms with Gasteiger partial charge in [0, 0.05) is 42.5 Å². The third kappa shape index (κ3) is 3.57.